The Labute approximate surface area is 70.5 Å². The molecule has 0 saturated carbocycles. The third-order valence-electron chi connectivity index (χ3n) is 1.65. The monoisotopic (exact) mass is 168 g/mol. The van der Waals surface area contributed by atoms with Gasteiger partial charge < -0.3 is 0 Å². The first-order valence-electron chi connectivity index (χ1n) is 3.65. The molecule has 0 radical (unpaired) electrons. The van der Waals surface area contributed by atoms with Gasteiger partial charge in [-0.3, -0.25) is 0 Å². The van der Waals surface area contributed by atoms with Gasteiger partial charge in [0.15, 0.2) is 0 Å². The highest BCUT2D eigenvalue weighted by Crippen LogP contribution is 2.26. The largest absolute Gasteiger partial charge is 0.270 e. The SMILES string of the molecule is C=Cc1ccc(C(C)(F)F)cc1. The molecule has 0 N–H and O–H groups in total. The maximum atomic E-state index is 12.7. The van der Waals surface area contributed by atoms with Gasteiger partial charge in [0.25, 0.3) is 5.92 Å². The van der Waals surface area contributed by atoms with Crippen LogP contribution in [0.15, 0.2) is 30.8 Å². The topological polar surface area (TPSA) is 0 Å². The molecule has 0 spiro atoms. The quantitative estimate of drug-likeness (QED) is 0.634. The summed E-state index contributed by atoms with van der Waals surface area (Å²) in [6.45, 7) is 4.42. The predicted octanol–water partition coefficient (Wildman–Crippen LogP) is 3.44. The molecule has 1 rings (SSSR count). The van der Waals surface area contributed by atoms with Gasteiger partial charge in [0.05, 0.1) is 0 Å². The molecule has 0 unspecified atom stereocenters. The number of alkyl halides is 2. The van der Waals surface area contributed by atoms with Crippen LogP contribution in [0.2, 0.25) is 0 Å². The second-order valence-corrected chi connectivity index (χ2v) is 2.71. The smallest absolute Gasteiger partial charge is 0.202 e. The summed E-state index contributed by atoms with van der Waals surface area (Å²) in [7, 11) is 0. The fourth-order valence-corrected chi connectivity index (χ4v) is 0.912. The van der Waals surface area contributed by atoms with Crippen LogP contribution in [-0.2, 0) is 5.92 Å². The summed E-state index contributed by atoms with van der Waals surface area (Å²) in [5.41, 5.74) is 0.885. The van der Waals surface area contributed by atoms with E-state index in [1.165, 1.54) is 12.1 Å². The van der Waals surface area contributed by atoms with E-state index in [4.69, 9.17) is 0 Å². The lowest BCUT2D eigenvalue weighted by Crippen LogP contribution is -2.06. The molecule has 0 heterocycles. The molecule has 0 bridgehead atoms. The molecule has 1 aromatic rings. The van der Waals surface area contributed by atoms with E-state index in [1.54, 1.807) is 18.2 Å². The molecule has 64 valence electrons. The lowest BCUT2D eigenvalue weighted by Gasteiger charge is -2.09. The van der Waals surface area contributed by atoms with E-state index in [2.05, 4.69) is 6.58 Å². The van der Waals surface area contributed by atoms with Crippen molar-refractivity contribution in [3.05, 3.63) is 42.0 Å². The summed E-state index contributed by atoms with van der Waals surface area (Å²) in [6.07, 6.45) is 1.62. The average Bonchev–Trinajstić information content (AvgIpc) is 2.03. The second-order valence-electron chi connectivity index (χ2n) is 2.71. The van der Waals surface area contributed by atoms with E-state index in [0.29, 0.717) is 0 Å². The van der Waals surface area contributed by atoms with Crippen molar-refractivity contribution >= 4 is 6.08 Å². The van der Waals surface area contributed by atoms with Gasteiger partial charge >= 0.3 is 0 Å². The molecule has 12 heavy (non-hydrogen) atoms. The Morgan fingerprint density at radius 3 is 2.08 bits per heavy atom. The third-order valence-corrected chi connectivity index (χ3v) is 1.65. The lowest BCUT2D eigenvalue weighted by atomic mass is 10.1. The second kappa shape index (κ2) is 3.05. The van der Waals surface area contributed by atoms with Gasteiger partial charge in [-0.05, 0) is 5.56 Å². The molecule has 0 nitrogen and oxygen atoms in total. The fraction of sp³-hybridized carbons (Fsp3) is 0.200. The zero-order chi connectivity index (χ0) is 9.19. The molecule has 0 aliphatic heterocycles. The van der Waals surface area contributed by atoms with Crippen molar-refractivity contribution in [1.29, 1.82) is 0 Å². The maximum Gasteiger partial charge on any atom is 0.270 e. The number of hydrogen-bond acceptors (Lipinski definition) is 0. The number of benzene rings is 1. The van der Waals surface area contributed by atoms with Crippen LogP contribution in [0.25, 0.3) is 6.08 Å². The Bertz CT molecular complexity index is 267. The summed E-state index contributed by atoms with van der Waals surface area (Å²) in [5, 5.41) is 0. The summed E-state index contributed by atoms with van der Waals surface area (Å²) in [5.74, 6) is -2.75. The van der Waals surface area contributed by atoms with Gasteiger partial charge in [-0.15, -0.1) is 0 Å². The zero-order valence-corrected chi connectivity index (χ0v) is 6.85. The minimum Gasteiger partial charge on any atom is -0.202 e. The van der Waals surface area contributed by atoms with Crippen molar-refractivity contribution in [2.75, 3.05) is 0 Å². The van der Waals surface area contributed by atoms with Crippen LogP contribution in [0.1, 0.15) is 18.1 Å². The predicted molar refractivity (Wildman–Crippen MR) is 46.1 cm³/mol. The van der Waals surface area contributed by atoms with E-state index in [9.17, 15) is 8.78 Å². The normalized spacial score (nSPS) is 11.2. The van der Waals surface area contributed by atoms with Crippen LogP contribution in [-0.4, -0.2) is 0 Å². The van der Waals surface area contributed by atoms with Crippen LogP contribution in [0.5, 0.6) is 0 Å². The molecule has 2 heteroatoms. The standard InChI is InChI=1S/C10H10F2/c1-3-8-4-6-9(7-5-8)10(2,11)12/h3-7H,1H2,2H3. The maximum absolute atomic E-state index is 12.7. The van der Waals surface area contributed by atoms with Crippen LogP contribution in [0.4, 0.5) is 8.78 Å². The van der Waals surface area contributed by atoms with Gasteiger partial charge in [0.1, 0.15) is 0 Å². The first-order valence-corrected chi connectivity index (χ1v) is 3.65. The Morgan fingerprint density at radius 1 is 1.25 bits per heavy atom. The van der Waals surface area contributed by atoms with Crippen molar-refractivity contribution < 1.29 is 8.78 Å². The Hall–Kier alpha value is -1.18. The van der Waals surface area contributed by atoms with E-state index in [1.807, 2.05) is 0 Å². The summed E-state index contributed by atoms with van der Waals surface area (Å²) >= 11 is 0. The minimum absolute atomic E-state index is 0.0353. The number of hydrogen-bond donors (Lipinski definition) is 0. The van der Waals surface area contributed by atoms with Crippen molar-refractivity contribution in [1.82, 2.24) is 0 Å². The van der Waals surface area contributed by atoms with Crippen LogP contribution in [0.3, 0.4) is 0 Å². The summed E-state index contributed by atoms with van der Waals surface area (Å²) in [4.78, 5) is 0. The van der Waals surface area contributed by atoms with E-state index in [-0.39, 0.29) is 5.56 Å². The van der Waals surface area contributed by atoms with Gasteiger partial charge in [-0.2, -0.15) is 0 Å². The highest BCUT2D eigenvalue weighted by atomic mass is 19.3. The zero-order valence-electron chi connectivity index (χ0n) is 6.85. The van der Waals surface area contributed by atoms with Gasteiger partial charge in [-0.25, -0.2) is 8.78 Å². The van der Waals surface area contributed by atoms with Gasteiger partial charge in [-0.1, -0.05) is 36.9 Å². The van der Waals surface area contributed by atoms with Crippen molar-refractivity contribution in [2.24, 2.45) is 0 Å². The van der Waals surface area contributed by atoms with Crippen molar-refractivity contribution in [3.8, 4) is 0 Å². The highest BCUT2D eigenvalue weighted by molar-refractivity contribution is 5.47. The Kier molecular flexibility index (Phi) is 2.27. The molecule has 0 amide bonds. The molecule has 0 aliphatic carbocycles. The first kappa shape index (κ1) is 8.91. The van der Waals surface area contributed by atoms with Crippen LogP contribution in [0, 0.1) is 0 Å². The Balaban J connectivity index is 3.00. The number of halogens is 2. The van der Waals surface area contributed by atoms with E-state index < -0.39 is 5.92 Å². The molecule has 0 atom stereocenters. The summed E-state index contributed by atoms with van der Waals surface area (Å²) in [6, 6.07) is 6.08. The summed E-state index contributed by atoms with van der Waals surface area (Å²) < 4.78 is 25.3. The highest BCUT2D eigenvalue weighted by Gasteiger charge is 2.23. The Morgan fingerprint density at radius 2 is 1.75 bits per heavy atom. The van der Waals surface area contributed by atoms with Gasteiger partial charge in [0.2, 0.25) is 0 Å². The number of rotatable bonds is 2. The molecular weight excluding hydrogens is 158 g/mol. The average molecular weight is 168 g/mol. The minimum atomic E-state index is -2.75. The van der Waals surface area contributed by atoms with E-state index in [0.717, 1.165) is 12.5 Å². The molecule has 1 aromatic carbocycles. The first-order chi connectivity index (χ1) is 5.54. The van der Waals surface area contributed by atoms with Crippen molar-refractivity contribution in [3.63, 3.8) is 0 Å². The van der Waals surface area contributed by atoms with Crippen LogP contribution >= 0.6 is 0 Å². The third kappa shape index (κ3) is 1.91. The van der Waals surface area contributed by atoms with Gasteiger partial charge in [0, 0.05) is 12.5 Å². The lowest BCUT2D eigenvalue weighted by molar-refractivity contribution is 0.0175. The molecule has 0 aromatic heterocycles. The molecule has 0 aliphatic rings. The van der Waals surface area contributed by atoms with Crippen molar-refractivity contribution in [2.45, 2.75) is 12.8 Å². The fourth-order valence-electron chi connectivity index (χ4n) is 0.912. The van der Waals surface area contributed by atoms with Crippen LogP contribution < -0.4 is 0 Å². The molecular formula is C10H10F2. The van der Waals surface area contributed by atoms with E-state index >= 15 is 0 Å². The molecule has 0 saturated heterocycles. The molecule has 0 fully saturated rings.